The van der Waals surface area contributed by atoms with E-state index in [1.165, 1.54) is 10.4 Å². The minimum Gasteiger partial charge on any atom is -0.308 e. The number of aryl methyl sites for hydroxylation is 1. The zero-order valence-electron chi connectivity index (χ0n) is 13.1. The number of fused-ring (bicyclic) bond motifs is 1. The average Bonchev–Trinajstić information content (AvgIpc) is 2.70. The summed E-state index contributed by atoms with van der Waals surface area (Å²) in [7, 11) is -3.68. The third kappa shape index (κ3) is 3.09. The third-order valence-corrected chi connectivity index (χ3v) is 6.22. The summed E-state index contributed by atoms with van der Waals surface area (Å²) in [6.45, 7) is 4.80. The highest BCUT2D eigenvalue weighted by molar-refractivity contribution is 7.92. The van der Waals surface area contributed by atoms with E-state index < -0.39 is 10.0 Å². The maximum atomic E-state index is 13.3. The molecule has 1 aliphatic heterocycles. The fraction of sp³-hybridized carbons (Fsp3) is 0.294. The number of sulfonamides is 1. The molecule has 2 aromatic rings. The highest BCUT2D eigenvalue weighted by Gasteiger charge is 2.31. The Bertz CT molecular complexity index is 836. The number of nitrogens with one attached hydrogen (secondary N) is 1. The van der Waals surface area contributed by atoms with E-state index in [-0.39, 0.29) is 10.9 Å². The van der Waals surface area contributed by atoms with Crippen molar-refractivity contribution in [1.29, 1.82) is 0 Å². The normalized spacial score (nSPS) is 18.4. The predicted molar refractivity (Wildman–Crippen MR) is 93.5 cm³/mol. The fourth-order valence-electron chi connectivity index (χ4n) is 2.80. The zero-order valence-corrected chi connectivity index (χ0v) is 14.7. The second-order valence-electron chi connectivity index (χ2n) is 5.86. The lowest BCUT2D eigenvalue weighted by molar-refractivity contribution is 0.556. The quantitative estimate of drug-likeness (QED) is 0.903. The topological polar surface area (TPSA) is 49.4 Å². The lowest BCUT2D eigenvalue weighted by Gasteiger charge is -2.26. The highest BCUT2D eigenvalue weighted by Crippen LogP contribution is 2.31. The van der Waals surface area contributed by atoms with E-state index in [4.69, 9.17) is 11.6 Å². The van der Waals surface area contributed by atoms with E-state index in [9.17, 15) is 8.42 Å². The van der Waals surface area contributed by atoms with Crippen molar-refractivity contribution in [3.63, 3.8) is 0 Å². The number of benzene rings is 2. The first-order valence-electron chi connectivity index (χ1n) is 7.50. The molecule has 0 fully saturated rings. The minimum absolute atomic E-state index is 0.0525. The van der Waals surface area contributed by atoms with Crippen LogP contribution in [-0.2, 0) is 16.6 Å². The van der Waals surface area contributed by atoms with Gasteiger partial charge in [-0.3, -0.25) is 4.31 Å². The smallest absolute Gasteiger partial charge is 0.264 e. The molecular weight excluding hydrogens is 332 g/mol. The van der Waals surface area contributed by atoms with Gasteiger partial charge in [-0.15, -0.1) is 0 Å². The molecular formula is C17H19ClN2O2S. The third-order valence-electron chi connectivity index (χ3n) is 4.06. The Morgan fingerprint density at radius 1 is 1.22 bits per heavy atom. The molecule has 4 nitrogen and oxygen atoms in total. The maximum absolute atomic E-state index is 13.3. The van der Waals surface area contributed by atoms with Gasteiger partial charge in [0.25, 0.3) is 10.0 Å². The van der Waals surface area contributed by atoms with Gasteiger partial charge in [-0.1, -0.05) is 35.9 Å². The first kappa shape index (κ1) is 16.3. The van der Waals surface area contributed by atoms with Crippen molar-refractivity contribution in [2.75, 3.05) is 10.8 Å². The van der Waals surface area contributed by atoms with E-state index in [0.29, 0.717) is 23.7 Å². The predicted octanol–water partition coefficient (Wildman–Crippen LogP) is 3.34. The molecule has 6 heteroatoms. The molecule has 0 amide bonds. The van der Waals surface area contributed by atoms with E-state index in [0.717, 1.165) is 11.3 Å². The van der Waals surface area contributed by atoms with Crippen LogP contribution in [0.1, 0.15) is 18.1 Å². The van der Waals surface area contributed by atoms with Crippen LogP contribution in [0.3, 0.4) is 0 Å². The van der Waals surface area contributed by atoms with Crippen LogP contribution in [0.15, 0.2) is 47.4 Å². The van der Waals surface area contributed by atoms with Crippen LogP contribution in [0.4, 0.5) is 5.69 Å². The molecule has 0 saturated heterocycles. The van der Waals surface area contributed by atoms with Crippen LogP contribution < -0.4 is 9.62 Å². The number of anilines is 1. The second-order valence-corrected chi connectivity index (χ2v) is 8.12. The Kier molecular flexibility index (Phi) is 4.36. The van der Waals surface area contributed by atoms with Gasteiger partial charge in [0.1, 0.15) is 0 Å². The zero-order chi connectivity index (χ0) is 16.6. The summed E-state index contributed by atoms with van der Waals surface area (Å²) in [5.41, 5.74) is 2.39. The van der Waals surface area contributed by atoms with Crippen molar-refractivity contribution in [1.82, 2.24) is 5.32 Å². The summed E-state index contributed by atoms with van der Waals surface area (Å²) < 4.78 is 28.0. The minimum atomic E-state index is -3.68. The van der Waals surface area contributed by atoms with Crippen molar-refractivity contribution in [2.24, 2.45) is 0 Å². The van der Waals surface area contributed by atoms with Gasteiger partial charge in [-0.2, -0.15) is 0 Å². The largest absolute Gasteiger partial charge is 0.308 e. The Labute approximate surface area is 142 Å². The summed E-state index contributed by atoms with van der Waals surface area (Å²) in [6, 6.07) is 12.6. The van der Waals surface area contributed by atoms with Crippen molar-refractivity contribution in [2.45, 2.75) is 31.3 Å². The molecule has 1 atom stereocenters. The van der Waals surface area contributed by atoms with Gasteiger partial charge in [0.05, 0.1) is 10.6 Å². The monoisotopic (exact) mass is 350 g/mol. The summed E-state index contributed by atoms with van der Waals surface area (Å²) in [4.78, 5) is 0.258. The van der Waals surface area contributed by atoms with E-state index in [1.807, 2.05) is 31.2 Å². The highest BCUT2D eigenvalue weighted by atomic mass is 35.5. The van der Waals surface area contributed by atoms with Crippen LogP contribution in [0.25, 0.3) is 0 Å². The lowest BCUT2D eigenvalue weighted by atomic mass is 10.2. The van der Waals surface area contributed by atoms with Gasteiger partial charge < -0.3 is 5.32 Å². The van der Waals surface area contributed by atoms with Crippen molar-refractivity contribution in [3.8, 4) is 0 Å². The molecule has 1 N–H and O–H groups in total. The molecule has 1 heterocycles. The number of rotatable bonds is 2. The molecule has 23 heavy (non-hydrogen) atoms. The number of hydrogen-bond donors (Lipinski definition) is 1. The van der Waals surface area contributed by atoms with Gasteiger partial charge in [0.15, 0.2) is 0 Å². The number of nitrogens with zero attached hydrogens (tertiary/aromatic N) is 1. The van der Waals surface area contributed by atoms with Crippen LogP contribution in [0.2, 0.25) is 5.02 Å². The van der Waals surface area contributed by atoms with Crippen molar-refractivity contribution < 1.29 is 8.42 Å². The first-order chi connectivity index (χ1) is 10.9. The molecule has 0 aliphatic carbocycles. The SMILES string of the molecule is Cc1ccc(Cl)cc1S(=O)(=O)N1CC(C)NCc2ccccc21. The van der Waals surface area contributed by atoms with Crippen molar-refractivity contribution >= 4 is 27.3 Å². The van der Waals surface area contributed by atoms with Crippen LogP contribution in [-0.4, -0.2) is 21.0 Å². The first-order valence-corrected chi connectivity index (χ1v) is 9.31. The molecule has 0 bridgehead atoms. The lowest BCUT2D eigenvalue weighted by Crippen LogP contribution is -2.39. The van der Waals surface area contributed by atoms with Gasteiger partial charge in [0.2, 0.25) is 0 Å². The Morgan fingerprint density at radius 2 is 1.96 bits per heavy atom. The van der Waals surface area contributed by atoms with E-state index in [1.54, 1.807) is 19.1 Å². The molecule has 2 aromatic carbocycles. The Morgan fingerprint density at radius 3 is 2.74 bits per heavy atom. The molecule has 0 aromatic heterocycles. The number of para-hydroxylation sites is 1. The number of hydrogen-bond acceptors (Lipinski definition) is 3. The molecule has 122 valence electrons. The van der Waals surface area contributed by atoms with Gasteiger partial charge >= 0.3 is 0 Å². The summed E-state index contributed by atoms with van der Waals surface area (Å²) in [6.07, 6.45) is 0. The molecule has 1 aliphatic rings. The summed E-state index contributed by atoms with van der Waals surface area (Å²) in [5.74, 6) is 0. The second kappa shape index (κ2) is 6.15. The van der Waals surface area contributed by atoms with Crippen molar-refractivity contribution in [3.05, 3.63) is 58.6 Å². The van der Waals surface area contributed by atoms with Gasteiger partial charge in [0, 0.05) is 24.2 Å². The van der Waals surface area contributed by atoms with E-state index in [2.05, 4.69) is 5.32 Å². The molecule has 3 rings (SSSR count). The maximum Gasteiger partial charge on any atom is 0.264 e. The van der Waals surface area contributed by atoms with Gasteiger partial charge in [-0.25, -0.2) is 8.42 Å². The fourth-order valence-corrected chi connectivity index (χ4v) is 4.88. The number of halogens is 1. The summed E-state index contributed by atoms with van der Waals surface area (Å²) >= 11 is 6.03. The standard InChI is InChI=1S/C17H19ClN2O2S/c1-12-7-8-15(18)9-17(12)23(21,22)20-11-13(2)19-10-14-5-3-4-6-16(14)20/h3-9,13,19H,10-11H2,1-2H3. The van der Waals surface area contributed by atoms with Crippen LogP contribution in [0.5, 0.6) is 0 Å². The molecule has 0 saturated carbocycles. The van der Waals surface area contributed by atoms with Gasteiger partial charge in [-0.05, 0) is 43.2 Å². The summed E-state index contributed by atoms with van der Waals surface area (Å²) in [5, 5.41) is 3.77. The Balaban J connectivity index is 2.17. The van der Waals surface area contributed by atoms with Crippen LogP contribution >= 0.6 is 11.6 Å². The van der Waals surface area contributed by atoms with Crippen LogP contribution in [0, 0.1) is 6.92 Å². The molecule has 0 spiro atoms. The van der Waals surface area contributed by atoms with E-state index >= 15 is 0 Å². The Hall–Kier alpha value is -1.56. The molecule has 0 radical (unpaired) electrons. The average molecular weight is 351 g/mol. The molecule has 1 unspecified atom stereocenters.